The van der Waals surface area contributed by atoms with Crippen LogP contribution in [0.2, 0.25) is 0 Å². The SMILES string of the molecule is Cc1nc(N2CCC2)ccc1C(N)=S. The van der Waals surface area contributed by atoms with E-state index in [0.29, 0.717) is 4.99 Å². The molecule has 1 aromatic heterocycles. The molecule has 3 nitrogen and oxygen atoms in total. The minimum atomic E-state index is 0.421. The number of anilines is 1. The Kier molecular flexibility index (Phi) is 2.37. The van der Waals surface area contributed by atoms with Gasteiger partial charge in [-0.3, -0.25) is 0 Å². The monoisotopic (exact) mass is 207 g/mol. The zero-order valence-corrected chi connectivity index (χ0v) is 8.97. The van der Waals surface area contributed by atoms with Crippen molar-refractivity contribution in [1.29, 1.82) is 0 Å². The van der Waals surface area contributed by atoms with Gasteiger partial charge in [-0.1, -0.05) is 12.2 Å². The number of pyridine rings is 1. The maximum absolute atomic E-state index is 5.57. The van der Waals surface area contributed by atoms with E-state index in [4.69, 9.17) is 18.0 Å². The highest BCUT2D eigenvalue weighted by Gasteiger charge is 2.16. The summed E-state index contributed by atoms with van der Waals surface area (Å²) in [5.74, 6) is 1.04. The number of hydrogen-bond acceptors (Lipinski definition) is 3. The van der Waals surface area contributed by atoms with Crippen LogP contribution in [0.3, 0.4) is 0 Å². The van der Waals surface area contributed by atoms with Crippen molar-refractivity contribution in [2.24, 2.45) is 5.73 Å². The van der Waals surface area contributed by atoms with Crippen LogP contribution < -0.4 is 10.6 Å². The van der Waals surface area contributed by atoms with Gasteiger partial charge in [-0.2, -0.15) is 0 Å². The van der Waals surface area contributed by atoms with Crippen molar-refractivity contribution in [3.05, 3.63) is 23.4 Å². The molecule has 1 aliphatic rings. The lowest BCUT2D eigenvalue weighted by molar-refractivity contribution is 0.609. The first-order valence-electron chi connectivity index (χ1n) is 4.71. The average Bonchev–Trinajstić information content (AvgIpc) is 2.00. The maximum Gasteiger partial charge on any atom is 0.128 e. The Labute approximate surface area is 88.9 Å². The van der Waals surface area contributed by atoms with Crippen molar-refractivity contribution in [3.8, 4) is 0 Å². The van der Waals surface area contributed by atoms with Gasteiger partial charge in [-0.25, -0.2) is 4.98 Å². The number of nitrogens with zero attached hydrogens (tertiary/aromatic N) is 2. The maximum atomic E-state index is 5.57. The average molecular weight is 207 g/mol. The van der Waals surface area contributed by atoms with Crippen LogP contribution in [0.15, 0.2) is 12.1 Å². The second kappa shape index (κ2) is 3.53. The summed E-state index contributed by atoms with van der Waals surface area (Å²) in [4.78, 5) is 7.14. The molecule has 2 rings (SSSR count). The number of thiocarbonyl (C=S) groups is 1. The van der Waals surface area contributed by atoms with E-state index in [1.165, 1.54) is 6.42 Å². The number of rotatable bonds is 2. The van der Waals surface area contributed by atoms with Crippen LogP contribution in [0.1, 0.15) is 17.7 Å². The smallest absolute Gasteiger partial charge is 0.128 e. The van der Waals surface area contributed by atoms with Gasteiger partial charge in [0.15, 0.2) is 0 Å². The lowest BCUT2D eigenvalue weighted by Gasteiger charge is -2.32. The Hall–Kier alpha value is -1.16. The lowest BCUT2D eigenvalue weighted by Crippen LogP contribution is -2.37. The summed E-state index contributed by atoms with van der Waals surface area (Å²) in [6.45, 7) is 4.16. The van der Waals surface area contributed by atoms with E-state index >= 15 is 0 Å². The highest BCUT2D eigenvalue weighted by molar-refractivity contribution is 7.80. The van der Waals surface area contributed by atoms with E-state index in [2.05, 4.69) is 9.88 Å². The Balaban J connectivity index is 2.30. The Morgan fingerprint density at radius 2 is 2.21 bits per heavy atom. The lowest BCUT2D eigenvalue weighted by atomic mass is 10.1. The van der Waals surface area contributed by atoms with Crippen molar-refractivity contribution in [2.45, 2.75) is 13.3 Å². The van der Waals surface area contributed by atoms with Gasteiger partial charge in [0, 0.05) is 24.3 Å². The first-order chi connectivity index (χ1) is 6.68. The standard InChI is InChI=1S/C10H13N3S/c1-7-8(10(11)14)3-4-9(12-7)13-5-2-6-13/h3-4H,2,5-6H2,1H3,(H2,11,14). The van der Waals surface area contributed by atoms with Crippen LogP contribution in [0.25, 0.3) is 0 Å². The molecule has 1 aromatic rings. The zero-order chi connectivity index (χ0) is 10.1. The quantitative estimate of drug-likeness (QED) is 0.741. The fourth-order valence-corrected chi connectivity index (χ4v) is 1.75. The minimum Gasteiger partial charge on any atom is -0.389 e. The highest BCUT2D eigenvalue weighted by atomic mass is 32.1. The molecule has 0 bridgehead atoms. The van der Waals surface area contributed by atoms with Gasteiger partial charge in [-0.15, -0.1) is 0 Å². The summed E-state index contributed by atoms with van der Waals surface area (Å²) in [6, 6.07) is 3.94. The van der Waals surface area contributed by atoms with Gasteiger partial charge >= 0.3 is 0 Å². The highest BCUT2D eigenvalue weighted by Crippen LogP contribution is 2.19. The van der Waals surface area contributed by atoms with E-state index in [9.17, 15) is 0 Å². The van der Waals surface area contributed by atoms with Crippen molar-refractivity contribution in [1.82, 2.24) is 4.98 Å². The summed E-state index contributed by atoms with van der Waals surface area (Å²) in [5, 5.41) is 0. The molecule has 74 valence electrons. The second-order valence-electron chi connectivity index (χ2n) is 3.51. The number of aryl methyl sites for hydroxylation is 1. The first kappa shape index (κ1) is 9.40. The molecular weight excluding hydrogens is 194 g/mol. The van der Waals surface area contributed by atoms with Crippen molar-refractivity contribution < 1.29 is 0 Å². The van der Waals surface area contributed by atoms with E-state index in [-0.39, 0.29) is 0 Å². The van der Waals surface area contributed by atoms with Gasteiger partial charge in [0.2, 0.25) is 0 Å². The molecule has 4 heteroatoms. The second-order valence-corrected chi connectivity index (χ2v) is 3.95. The van der Waals surface area contributed by atoms with Crippen molar-refractivity contribution >= 4 is 23.0 Å². The van der Waals surface area contributed by atoms with Crippen LogP contribution in [0.5, 0.6) is 0 Å². The molecule has 0 amide bonds. The Morgan fingerprint density at radius 3 is 2.64 bits per heavy atom. The summed E-state index contributed by atoms with van der Waals surface area (Å²) in [5.41, 5.74) is 7.36. The third-order valence-corrected chi connectivity index (χ3v) is 2.74. The van der Waals surface area contributed by atoms with Gasteiger partial charge in [0.25, 0.3) is 0 Å². The Bertz CT molecular complexity index is 372. The molecule has 14 heavy (non-hydrogen) atoms. The Morgan fingerprint density at radius 1 is 1.50 bits per heavy atom. The van der Waals surface area contributed by atoms with Gasteiger partial charge < -0.3 is 10.6 Å². The predicted octanol–water partition coefficient (Wildman–Crippen LogP) is 1.23. The van der Waals surface area contributed by atoms with E-state index < -0.39 is 0 Å². The molecule has 0 spiro atoms. The summed E-state index contributed by atoms with van der Waals surface area (Å²) in [7, 11) is 0. The van der Waals surface area contributed by atoms with Crippen molar-refractivity contribution in [2.75, 3.05) is 18.0 Å². The molecule has 1 aliphatic heterocycles. The molecule has 1 fully saturated rings. The molecule has 2 heterocycles. The third-order valence-electron chi connectivity index (χ3n) is 2.52. The van der Waals surface area contributed by atoms with Crippen LogP contribution >= 0.6 is 12.2 Å². The zero-order valence-electron chi connectivity index (χ0n) is 8.16. The van der Waals surface area contributed by atoms with E-state index in [1.807, 2.05) is 19.1 Å². The molecule has 0 atom stereocenters. The largest absolute Gasteiger partial charge is 0.389 e. The number of aromatic nitrogens is 1. The summed E-state index contributed by atoms with van der Waals surface area (Å²) >= 11 is 4.93. The number of nitrogens with two attached hydrogens (primary N) is 1. The fourth-order valence-electron chi connectivity index (χ4n) is 1.53. The van der Waals surface area contributed by atoms with Crippen LogP contribution in [-0.2, 0) is 0 Å². The molecular formula is C10H13N3S. The van der Waals surface area contributed by atoms with Crippen LogP contribution in [-0.4, -0.2) is 23.1 Å². The molecule has 0 unspecified atom stereocenters. The van der Waals surface area contributed by atoms with E-state index in [1.54, 1.807) is 0 Å². The van der Waals surface area contributed by atoms with Gasteiger partial charge in [-0.05, 0) is 25.5 Å². The normalized spacial score (nSPS) is 15.1. The molecule has 0 aliphatic carbocycles. The molecule has 0 radical (unpaired) electrons. The van der Waals surface area contributed by atoms with E-state index in [0.717, 1.165) is 30.2 Å². The minimum absolute atomic E-state index is 0.421. The molecule has 0 aromatic carbocycles. The molecule has 2 N–H and O–H groups in total. The number of hydrogen-bond donors (Lipinski definition) is 1. The molecule has 0 saturated carbocycles. The fraction of sp³-hybridized carbons (Fsp3) is 0.400. The molecule has 1 saturated heterocycles. The summed E-state index contributed by atoms with van der Waals surface area (Å²) < 4.78 is 0. The predicted molar refractivity (Wildman–Crippen MR) is 61.7 cm³/mol. The van der Waals surface area contributed by atoms with Crippen molar-refractivity contribution in [3.63, 3.8) is 0 Å². The van der Waals surface area contributed by atoms with Crippen LogP contribution in [0, 0.1) is 6.92 Å². The first-order valence-corrected chi connectivity index (χ1v) is 5.12. The van der Waals surface area contributed by atoms with Crippen LogP contribution in [0.4, 0.5) is 5.82 Å². The third kappa shape index (κ3) is 1.57. The topological polar surface area (TPSA) is 42.2 Å². The van der Waals surface area contributed by atoms with Gasteiger partial charge in [0.1, 0.15) is 10.8 Å². The summed E-state index contributed by atoms with van der Waals surface area (Å²) in [6.07, 6.45) is 1.26. The van der Waals surface area contributed by atoms with Gasteiger partial charge in [0.05, 0.1) is 0 Å².